The van der Waals surface area contributed by atoms with Crippen LogP contribution in [-0.2, 0) is 6.42 Å². The predicted molar refractivity (Wildman–Crippen MR) is 83.7 cm³/mol. The minimum absolute atomic E-state index is 0.0215. The van der Waals surface area contributed by atoms with Gasteiger partial charge in [-0.05, 0) is 43.2 Å². The van der Waals surface area contributed by atoms with Crippen LogP contribution >= 0.6 is 0 Å². The van der Waals surface area contributed by atoms with Gasteiger partial charge in [-0.2, -0.15) is 0 Å². The maximum absolute atomic E-state index is 13.6. The van der Waals surface area contributed by atoms with Gasteiger partial charge in [-0.15, -0.1) is 0 Å². The van der Waals surface area contributed by atoms with Crippen molar-refractivity contribution in [2.24, 2.45) is 5.92 Å². The van der Waals surface area contributed by atoms with Gasteiger partial charge in [0.05, 0.1) is 19.8 Å². The Bertz CT molecular complexity index is 627. The highest BCUT2D eigenvalue weighted by atomic mass is 19.1. The Morgan fingerprint density at radius 2 is 1.78 bits per heavy atom. The van der Waals surface area contributed by atoms with Crippen LogP contribution in [0.25, 0.3) is 0 Å². The largest absolute Gasteiger partial charge is 0.497 e. The molecule has 23 heavy (non-hydrogen) atoms. The average molecular weight is 322 g/mol. The molecule has 0 aromatic heterocycles. The van der Waals surface area contributed by atoms with Crippen LogP contribution in [0, 0.1) is 17.6 Å². The molecular formula is C18H20F2O3. The summed E-state index contributed by atoms with van der Waals surface area (Å²) in [6.07, 6.45) is -0.0506. The summed E-state index contributed by atoms with van der Waals surface area (Å²) in [6.45, 7) is 1.80. The average Bonchev–Trinajstić information content (AvgIpc) is 2.53. The quantitative estimate of drug-likeness (QED) is 0.846. The number of benzene rings is 2. The molecule has 0 aliphatic heterocycles. The first kappa shape index (κ1) is 17.2. The molecule has 2 atom stereocenters. The van der Waals surface area contributed by atoms with Crippen LogP contribution < -0.4 is 9.47 Å². The molecule has 2 rings (SSSR count). The van der Waals surface area contributed by atoms with Gasteiger partial charge in [0.15, 0.2) is 11.6 Å². The highest BCUT2D eigenvalue weighted by Gasteiger charge is 2.18. The standard InChI is InChI=1S/C18H20F2O3/c1-12(21)14(9-13-3-6-16(22-2)7-4-13)11-23-18-8-5-15(19)10-17(18)20/h3-8,10,12,14,21H,9,11H2,1-2H3. The fourth-order valence-electron chi connectivity index (χ4n) is 2.22. The Kier molecular flexibility index (Phi) is 5.93. The summed E-state index contributed by atoms with van der Waals surface area (Å²) in [7, 11) is 1.60. The van der Waals surface area contributed by atoms with Crippen molar-refractivity contribution in [3.05, 3.63) is 59.7 Å². The lowest BCUT2D eigenvalue weighted by Gasteiger charge is -2.21. The van der Waals surface area contributed by atoms with E-state index in [1.807, 2.05) is 24.3 Å². The van der Waals surface area contributed by atoms with Gasteiger partial charge in [0.1, 0.15) is 11.6 Å². The minimum Gasteiger partial charge on any atom is -0.497 e. The summed E-state index contributed by atoms with van der Waals surface area (Å²) in [6, 6.07) is 10.7. The maximum Gasteiger partial charge on any atom is 0.167 e. The number of methoxy groups -OCH3 is 1. The molecule has 5 heteroatoms. The third-order valence-electron chi connectivity index (χ3n) is 3.69. The van der Waals surface area contributed by atoms with Gasteiger partial charge >= 0.3 is 0 Å². The van der Waals surface area contributed by atoms with E-state index >= 15 is 0 Å². The highest BCUT2D eigenvalue weighted by Crippen LogP contribution is 2.21. The molecule has 0 spiro atoms. The van der Waals surface area contributed by atoms with Crippen molar-refractivity contribution in [3.63, 3.8) is 0 Å². The molecule has 124 valence electrons. The van der Waals surface area contributed by atoms with E-state index < -0.39 is 17.7 Å². The lowest BCUT2D eigenvalue weighted by Crippen LogP contribution is -2.26. The number of halogens is 2. The third-order valence-corrected chi connectivity index (χ3v) is 3.69. The molecule has 0 saturated carbocycles. The Morgan fingerprint density at radius 1 is 1.09 bits per heavy atom. The third kappa shape index (κ3) is 4.93. The Labute approximate surface area is 134 Å². The number of ether oxygens (including phenoxy) is 2. The molecule has 0 radical (unpaired) electrons. The van der Waals surface area contributed by atoms with Crippen LogP contribution in [0.5, 0.6) is 11.5 Å². The van der Waals surface area contributed by atoms with E-state index in [1.165, 1.54) is 6.07 Å². The van der Waals surface area contributed by atoms with Crippen molar-refractivity contribution in [2.45, 2.75) is 19.4 Å². The Hall–Kier alpha value is -2.14. The summed E-state index contributed by atoms with van der Waals surface area (Å²) < 4.78 is 37.0. The number of hydrogen-bond acceptors (Lipinski definition) is 3. The van der Waals surface area contributed by atoms with Crippen molar-refractivity contribution >= 4 is 0 Å². The number of aliphatic hydroxyl groups is 1. The van der Waals surface area contributed by atoms with Crippen LogP contribution in [0.1, 0.15) is 12.5 Å². The molecule has 0 amide bonds. The zero-order valence-electron chi connectivity index (χ0n) is 13.1. The van der Waals surface area contributed by atoms with E-state index in [9.17, 15) is 13.9 Å². The van der Waals surface area contributed by atoms with E-state index in [0.717, 1.165) is 23.4 Å². The summed E-state index contributed by atoms with van der Waals surface area (Å²) in [4.78, 5) is 0. The van der Waals surface area contributed by atoms with Crippen LogP contribution in [0.3, 0.4) is 0 Å². The van der Waals surface area contributed by atoms with Crippen molar-refractivity contribution < 1.29 is 23.4 Å². The van der Waals surface area contributed by atoms with Gasteiger partial charge in [0.25, 0.3) is 0 Å². The predicted octanol–water partition coefficient (Wildman–Crippen LogP) is 3.59. The Balaban J connectivity index is 2.00. The van der Waals surface area contributed by atoms with E-state index in [1.54, 1.807) is 14.0 Å². The first-order valence-corrected chi connectivity index (χ1v) is 7.38. The molecule has 0 fully saturated rings. The molecule has 2 unspecified atom stereocenters. The smallest absolute Gasteiger partial charge is 0.167 e. The van der Waals surface area contributed by atoms with Gasteiger partial charge in [-0.25, -0.2) is 8.78 Å². The van der Waals surface area contributed by atoms with Gasteiger partial charge in [0.2, 0.25) is 0 Å². The van der Waals surface area contributed by atoms with E-state index in [0.29, 0.717) is 6.42 Å². The normalized spacial score (nSPS) is 13.4. The van der Waals surface area contributed by atoms with E-state index in [4.69, 9.17) is 9.47 Å². The van der Waals surface area contributed by atoms with E-state index in [-0.39, 0.29) is 18.3 Å². The fraction of sp³-hybridized carbons (Fsp3) is 0.333. The molecule has 2 aromatic carbocycles. The summed E-state index contributed by atoms with van der Waals surface area (Å²) in [5.74, 6) is -0.884. The van der Waals surface area contributed by atoms with Crippen molar-refractivity contribution in [3.8, 4) is 11.5 Å². The van der Waals surface area contributed by atoms with Crippen LogP contribution in [-0.4, -0.2) is 24.9 Å². The zero-order valence-corrected chi connectivity index (χ0v) is 13.1. The molecule has 0 heterocycles. The molecule has 3 nitrogen and oxygen atoms in total. The first-order valence-electron chi connectivity index (χ1n) is 7.38. The number of hydrogen-bond donors (Lipinski definition) is 1. The molecule has 2 aromatic rings. The molecule has 0 saturated heterocycles. The number of rotatable bonds is 7. The molecule has 0 aliphatic rings. The molecule has 0 bridgehead atoms. The SMILES string of the molecule is COc1ccc(CC(COc2ccc(F)cc2F)C(C)O)cc1. The van der Waals surface area contributed by atoms with Crippen LogP contribution in [0.15, 0.2) is 42.5 Å². The first-order chi connectivity index (χ1) is 11.0. The molecular weight excluding hydrogens is 302 g/mol. The fourth-order valence-corrected chi connectivity index (χ4v) is 2.22. The second kappa shape index (κ2) is 7.92. The lowest BCUT2D eigenvalue weighted by molar-refractivity contribution is 0.0874. The maximum atomic E-state index is 13.6. The van der Waals surface area contributed by atoms with Gasteiger partial charge < -0.3 is 14.6 Å². The number of aliphatic hydroxyl groups excluding tert-OH is 1. The van der Waals surface area contributed by atoms with Gasteiger partial charge in [0, 0.05) is 12.0 Å². The second-order valence-electron chi connectivity index (χ2n) is 5.44. The second-order valence-corrected chi connectivity index (χ2v) is 5.44. The van der Waals surface area contributed by atoms with Gasteiger partial charge in [-0.1, -0.05) is 12.1 Å². The monoisotopic (exact) mass is 322 g/mol. The lowest BCUT2D eigenvalue weighted by atomic mass is 9.95. The Morgan fingerprint density at radius 3 is 2.35 bits per heavy atom. The van der Waals surface area contributed by atoms with Crippen LogP contribution in [0.4, 0.5) is 8.78 Å². The van der Waals surface area contributed by atoms with Crippen molar-refractivity contribution in [1.29, 1.82) is 0 Å². The summed E-state index contributed by atoms with van der Waals surface area (Å²) in [5, 5.41) is 9.91. The van der Waals surface area contributed by atoms with Crippen molar-refractivity contribution in [2.75, 3.05) is 13.7 Å². The molecule has 0 aliphatic carbocycles. The van der Waals surface area contributed by atoms with Crippen LogP contribution in [0.2, 0.25) is 0 Å². The summed E-state index contributed by atoms with van der Waals surface area (Å²) >= 11 is 0. The minimum atomic E-state index is -0.751. The summed E-state index contributed by atoms with van der Waals surface area (Å²) in [5.41, 5.74) is 1.01. The topological polar surface area (TPSA) is 38.7 Å². The highest BCUT2D eigenvalue weighted by molar-refractivity contribution is 5.28. The van der Waals surface area contributed by atoms with Crippen molar-refractivity contribution in [1.82, 2.24) is 0 Å². The van der Waals surface area contributed by atoms with E-state index in [2.05, 4.69) is 0 Å². The zero-order chi connectivity index (χ0) is 16.8. The molecule has 1 N–H and O–H groups in total. The van der Waals surface area contributed by atoms with Gasteiger partial charge in [-0.3, -0.25) is 0 Å².